The van der Waals surface area contributed by atoms with Crippen molar-refractivity contribution in [3.8, 4) is 0 Å². The van der Waals surface area contributed by atoms with Gasteiger partial charge in [0.2, 0.25) is 0 Å². The summed E-state index contributed by atoms with van der Waals surface area (Å²) in [6.07, 6.45) is 3.33. The number of sulfone groups is 1. The second-order valence-electron chi connectivity index (χ2n) is 6.01. The van der Waals surface area contributed by atoms with Crippen LogP contribution in [0.15, 0.2) is 6.20 Å². The minimum Gasteiger partial charge on any atom is -0.308 e. The van der Waals surface area contributed by atoms with Crippen LogP contribution in [0, 0.1) is 5.92 Å². The highest BCUT2D eigenvalue weighted by Gasteiger charge is 2.36. The molecule has 0 aliphatic carbocycles. The summed E-state index contributed by atoms with van der Waals surface area (Å²) in [5, 5.41) is 8.44. The molecule has 1 aliphatic rings. The predicted octanol–water partition coefficient (Wildman–Crippen LogP) is 2.59. The van der Waals surface area contributed by atoms with Crippen LogP contribution < -0.4 is 5.32 Å². The monoisotopic (exact) mass is 333 g/mol. The van der Waals surface area contributed by atoms with Crippen LogP contribution in [0.25, 0.3) is 0 Å². The second-order valence-corrected chi connectivity index (χ2v) is 8.65. The van der Waals surface area contributed by atoms with Crippen LogP contribution >= 0.6 is 11.6 Å². The van der Waals surface area contributed by atoms with Gasteiger partial charge in [-0.25, -0.2) is 8.42 Å². The van der Waals surface area contributed by atoms with Gasteiger partial charge in [-0.05, 0) is 39.2 Å². The molecule has 7 heteroatoms. The van der Waals surface area contributed by atoms with Crippen molar-refractivity contribution in [2.45, 2.75) is 45.7 Å². The van der Waals surface area contributed by atoms with E-state index < -0.39 is 9.84 Å². The Balaban J connectivity index is 2.34. The van der Waals surface area contributed by atoms with E-state index >= 15 is 0 Å². The van der Waals surface area contributed by atoms with Crippen LogP contribution in [0.1, 0.15) is 51.4 Å². The van der Waals surface area contributed by atoms with Crippen molar-refractivity contribution in [2.24, 2.45) is 5.92 Å². The maximum Gasteiger partial charge on any atom is 0.150 e. The Bertz CT molecular complexity index is 583. The molecule has 1 aliphatic heterocycles. The van der Waals surface area contributed by atoms with Crippen LogP contribution in [0.2, 0.25) is 5.02 Å². The molecule has 1 aromatic rings. The van der Waals surface area contributed by atoms with Crippen LogP contribution in [-0.4, -0.2) is 36.2 Å². The zero-order valence-corrected chi connectivity index (χ0v) is 14.4. The first-order valence-electron chi connectivity index (χ1n) is 7.52. The molecule has 1 aromatic heterocycles. The van der Waals surface area contributed by atoms with Gasteiger partial charge in [0.15, 0.2) is 9.84 Å². The van der Waals surface area contributed by atoms with E-state index in [1.807, 2.05) is 4.68 Å². The fraction of sp³-hybridized carbons (Fsp3) is 0.786. The van der Waals surface area contributed by atoms with Crippen molar-refractivity contribution in [1.29, 1.82) is 0 Å². The van der Waals surface area contributed by atoms with Crippen LogP contribution in [-0.2, 0) is 9.84 Å². The maximum absolute atomic E-state index is 11.8. The third-order valence-corrected chi connectivity index (χ3v) is 6.01. The van der Waals surface area contributed by atoms with E-state index in [4.69, 9.17) is 11.6 Å². The molecule has 0 saturated carbocycles. The second kappa shape index (κ2) is 6.67. The first kappa shape index (κ1) is 16.8. The lowest BCUT2D eigenvalue weighted by Gasteiger charge is -2.26. The molecule has 1 N–H and O–H groups in total. The Morgan fingerprint density at radius 1 is 1.52 bits per heavy atom. The van der Waals surface area contributed by atoms with Gasteiger partial charge in [-0.15, -0.1) is 0 Å². The highest BCUT2D eigenvalue weighted by atomic mass is 35.5. The molecule has 21 heavy (non-hydrogen) atoms. The third kappa shape index (κ3) is 3.79. The fourth-order valence-electron chi connectivity index (χ4n) is 2.93. The summed E-state index contributed by atoms with van der Waals surface area (Å²) in [7, 11) is -2.92. The third-order valence-electron chi connectivity index (χ3n) is 3.92. The minimum absolute atomic E-state index is 0.0559. The Labute approximate surface area is 132 Å². The lowest BCUT2D eigenvalue weighted by molar-refractivity contribution is 0.357. The van der Waals surface area contributed by atoms with Crippen molar-refractivity contribution < 1.29 is 8.42 Å². The quantitative estimate of drug-likeness (QED) is 0.869. The van der Waals surface area contributed by atoms with Gasteiger partial charge in [0, 0.05) is 6.04 Å². The normalized spacial score (nSPS) is 22.8. The molecule has 1 saturated heterocycles. The summed E-state index contributed by atoms with van der Waals surface area (Å²) in [5.74, 6) is 0.567. The number of nitrogens with zero attached hydrogens (tertiary/aromatic N) is 2. The number of rotatable bonds is 6. The predicted molar refractivity (Wildman–Crippen MR) is 85.4 cm³/mol. The van der Waals surface area contributed by atoms with E-state index in [0.717, 1.165) is 18.7 Å². The molecule has 2 heterocycles. The highest BCUT2D eigenvalue weighted by molar-refractivity contribution is 7.91. The van der Waals surface area contributed by atoms with Gasteiger partial charge in [-0.3, -0.25) is 4.68 Å². The number of halogens is 1. The Morgan fingerprint density at radius 3 is 2.76 bits per heavy atom. The minimum atomic E-state index is -2.92. The Kier molecular flexibility index (Phi) is 5.33. The van der Waals surface area contributed by atoms with E-state index in [-0.39, 0.29) is 29.5 Å². The molecule has 2 unspecified atom stereocenters. The van der Waals surface area contributed by atoms with Gasteiger partial charge in [0.1, 0.15) is 0 Å². The molecule has 5 nitrogen and oxygen atoms in total. The van der Waals surface area contributed by atoms with E-state index in [0.29, 0.717) is 11.4 Å². The molecule has 120 valence electrons. The van der Waals surface area contributed by atoms with Gasteiger partial charge in [0.25, 0.3) is 0 Å². The standard InChI is InChI=1S/C14H24ClN3O2S/c1-4-6-16-13(11-5-7-21(19,20)9-11)14-12(15)8-17-18(14)10(2)3/h8,10-11,13,16H,4-7,9H2,1-3H3. The van der Waals surface area contributed by atoms with E-state index in [9.17, 15) is 8.42 Å². The number of hydrogen-bond acceptors (Lipinski definition) is 4. The molecule has 1 fully saturated rings. The largest absolute Gasteiger partial charge is 0.308 e. The molecular formula is C14H24ClN3O2S. The lowest BCUT2D eigenvalue weighted by atomic mass is 9.95. The Hall–Kier alpha value is -0.590. The molecule has 0 bridgehead atoms. The number of hydrogen-bond donors (Lipinski definition) is 1. The molecule has 2 rings (SSSR count). The van der Waals surface area contributed by atoms with Gasteiger partial charge in [0.05, 0.1) is 34.5 Å². The summed E-state index contributed by atoms with van der Waals surface area (Å²) < 4.78 is 25.5. The molecular weight excluding hydrogens is 310 g/mol. The summed E-state index contributed by atoms with van der Waals surface area (Å²) in [4.78, 5) is 0. The van der Waals surface area contributed by atoms with Crippen molar-refractivity contribution in [1.82, 2.24) is 15.1 Å². The van der Waals surface area contributed by atoms with E-state index in [1.54, 1.807) is 6.20 Å². The van der Waals surface area contributed by atoms with Crippen LogP contribution in [0.5, 0.6) is 0 Å². The van der Waals surface area contributed by atoms with Crippen molar-refractivity contribution in [3.63, 3.8) is 0 Å². The van der Waals surface area contributed by atoms with Crippen molar-refractivity contribution >= 4 is 21.4 Å². The first-order valence-corrected chi connectivity index (χ1v) is 9.72. The zero-order valence-electron chi connectivity index (χ0n) is 12.8. The lowest BCUT2D eigenvalue weighted by Crippen LogP contribution is -2.32. The molecule has 0 radical (unpaired) electrons. The summed E-state index contributed by atoms with van der Waals surface area (Å²) in [6.45, 7) is 7.03. The van der Waals surface area contributed by atoms with E-state index in [1.165, 1.54) is 0 Å². The van der Waals surface area contributed by atoms with Gasteiger partial charge in [-0.1, -0.05) is 18.5 Å². The van der Waals surface area contributed by atoms with E-state index in [2.05, 4.69) is 31.2 Å². The molecule has 2 atom stereocenters. The highest BCUT2D eigenvalue weighted by Crippen LogP contribution is 2.35. The average molecular weight is 334 g/mol. The fourth-order valence-corrected chi connectivity index (χ4v) is 5.01. The van der Waals surface area contributed by atoms with Gasteiger partial charge in [-0.2, -0.15) is 5.10 Å². The van der Waals surface area contributed by atoms with Crippen molar-refractivity contribution in [2.75, 3.05) is 18.1 Å². The summed E-state index contributed by atoms with van der Waals surface area (Å²) >= 11 is 6.34. The maximum atomic E-state index is 11.8. The first-order chi connectivity index (χ1) is 9.85. The molecule has 0 spiro atoms. The van der Waals surface area contributed by atoms with Crippen LogP contribution in [0.4, 0.5) is 0 Å². The summed E-state index contributed by atoms with van der Waals surface area (Å²) in [5.41, 5.74) is 0.919. The summed E-state index contributed by atoms with van der Waals surface area (Å²) in [6, 6.07) is 0.135. The topological polar surface area (TPSA) is 64.0 Å². The SMILES string of the molecule is CCCNC(c1c(Cl)cnn1C(C)C)C1CCS(=O)(=O)C1. The Morgan fingerprint density at radius 2 is 2.24 bits per heavy atom. The van der Waals surface area contributed by atoms with Gasteiger partial charge < -0.3 is 5.32 Å². The smallest absolute Gasteiger partial charge is 0.150 e. The number of nitrogens with one attached hydrogen (secondary N) is 1. The van der Waals surface area contributed by atoms with Crippen LogP contribution in [0.3, 0.4) is 0 Å². The number of aromatic nitrogens is 2. The van der Waals surface area contributed by atoms with Crippen molar-refractivity contribution in [3.05, 3.63) is 16.9 Å². The van der Waals surface area contributed by atoms with Gasteiger partial charge >= 0.3 is 0 Å². The molecule has 0 aromatic carbocycles. The molecule has 0 amide bonds. The average Bonchev–Trinajstić information content (AvgIpc) is 2.94. The zero-order chi connectivity index (χ0) is 15.6.